The number of hydrogen-bond acceptors (Lipinski definition) is 9. The SMILES string of the molecule is COc1cc(N2CCN(C)CC2)c2oc(C(=O)Nc3ccc(N4CCN(CCO)CC4)cc3)cc(=O)c2c1. The summed E-state index contributed by atoms with van der Waals surface area (Å²) in [5.41, 5.74) is 2.55. The van der Waals surface area contributed by atoms with Crippen LogP contribution in [0.4, 0.5) is 17.1 Å². The van der Waals surface area contributed by atoms with Crippen LogP contribution in [0.3, 0.4) is 0 Å². The third-order valence-electron chi connectivity index (χ3n) is 7.36. The van der Waals surface area contributed by atoms with E-state index >= 15 is 0 Å². The van der Waals surface area contributed by atoms with E-state index in [1.807, 2.05) is 30.3 Å². The lowest BCUT2D eigenvalue weighted by Gasteiger charge is -2.35. The number of nitrogens with one attached hydrogen (secondary N) is 1. The number of nitrogens with zero attached hydrogens (tertiary/aromatic N) is 4. The van der Waals surface area contributed by atoms with E-state index < -0.39 is 5.91 Å². The molecule has 0 bridgehead atoms. The molecular weight excluding hydrogens is 486 g/mol. The van der Waals surface area contributed by atoms with Gasteiger partial charge in [0.15, 0.2) is 16.8 Å². The van der Waals surface area contributed by atoms with Gasteiger partial charge in [0.25, 0.3) is 5.91 Å². The zero-order valence-corrected chi connectivity index (χ0v) is 22.0. The Kier molecular flexibility index (Phi) is 7.82. The minimum absolute atomic E-state index is 0.0351. The van der Waals surface area contributed by atoms with Crippen molar-refractivity contribution >= 4 is 33.9 Å². The number of amides is 1. The molecule has 5 rings (SSSR count). The van der Waals surface area contributed by atoms with E-state index in [0.29, 0.717) is 29.0 Å². The Balaban J connectivity index is 1.34. The van der Waals surface area contributed by atoms with Gasteiger partial charge in [0.05, 0.1) is 24.8 Å². The molecule has 0 atom stereocenters. The number of ether oxygens (including phenoxy) is 1. The van der Waals surface area contributed by atoms with Crippen molar-refractivity contribution in [2.75, 3.05) is 94.8 Å². The van der Waals surface area contributed by atoms with E-state index in [2.05, 4.69) is 32.0 Å². The van der Waals surface area contributed by atoms with Crippen molar-refractivity contribution < 1.29 is 19.1 Å². The quantitative estimate of drug-likeness (QED) is 0.483. The second kappa shape index (κ2) is 11.4. The van der Waals surface area contributed by atoms with Crippen LogP contribution >= 0.6 is 0 Å². The fourth-order valence-corrected chi connectivity index (χ4v) is 5.05. The van der Waals surface area contributed by atoms with Crippen LogP contribution in [-0.4, -0.2) is 100 Å². The summed E-state index contributed by atoms with van der Waals surface area (Å²) in [5, 5.41) is 12.4. The molecule has 202 valence electrons. The summed E-state index contributed by atoms with van der Waals surface area (Å²) in [5.74, 6) is 0.0625. The van der Waals surface area contributed by atoms with E-state index in [0.717, 1.165) is 63.7 Å². The van der Waals surface area contributed by atoms with Crippen molar-refractivity contribution in [3.8, 4) is 5.75 Å². The lowest BCUT2D eigenvalue weighted by Crippen LogP contribution is -2.47. The number of likely N-dealkylation sites (N-methyl/N-ethyl adjacent to an activating group) is 1. The average molecular weight is 522 g/mol. The molecule has 2 aliphatic heterocycles. The van der Waals surface area contributed by atoms with Gasteiger partial charge in [0, 0.05) is 82.4 Å². The topological polar surface area (TPSA) is 102 Å². The first kappa shape index (κ1) is 26.0. The van der Waals surface area contributed by atoms with Crippen LogP contribution in [0.5, 0.6) is 5.75 Å². The van der Waals surface area contributed by atoms with Gasteiger partial charge in [-0.15, -0.1) is 0 Å². The highest BCUT2D eigenvalue weighted by Crippen LogP contribution is 2.32. The number of rotatable bonds is 7. The van der Waals surface area contributed by atoms with E-state index in [1.165, 1.54) is 6.07 Å². The van der Waals surface area contributed by atoms with Crippen molar-refractivity contribution in [1.82, 2.24) is 9.80 Å². The Bertz CT molecular complexity index is 1330. The maximum atomic E-state index is 13.1. The van der Waals surface area contributed by atoms with Gasteiger partial charge in [-0.1, -0.05) is 0 Å². The van der Waals surface area contributed by atoms with Gasteiger partial charge in [-0.3, -0.25) is 14.5 Å². The number of aliphatic hydroxyl groups is 1. The highest BCUT2D eigenvalue weighted by Gasteiger charge is 2.22. The van der Waals surface area contributed by atoms with Gasteiger partial charge in [-0.05, 0) is 37.4 Å². The summed E-state index contributed by atoms with van der Waals surface area (Å²) >= 11 is 0. The molecule has 38 heavy (non-hydrogen) atoms. The Morgan fingerprint density at radius 2 is 1.66 bits per heavy atom. The normalized spacial score (nSPS) is 17.1. The number of aliphatic hydroxyl groups excluding tert-OH is 1. The zero-order valence-electron chi connectivity index (χ0n) is 22.0. The van der Waals surface area contributed by atoms with Crippen molar-refractivity contribution in [2.24, 2.45) is 0 Å². The average Bonchev–Trinajstić information content (AvgIpc) is 2.94. The molecule has 2 aromatic carbocycles. The molecule has 0 unspecified atom stereocenters. The predicted octanol–water partition coefficient (Wildman–Crippen LogP) is 1.92. The number of anilines is 3. The standard InChI is InChI=1S/C28H35N5O5/c1-30-7-11-33(12-8-30)24-18-22(37-2)17-23-25(35)19-26(38-27(23)24)28(36)29-20-3-5-21(6-4-20)32-13-9-31(10-14-32)15-16-34/h3-6,17-19,34H,7-16H2,1-2H3,(H,29,36). The number of methoxy groups -OCH3 is 1. The summed E-state index contributed by atoms with van der Waals surface area (Å²) in [6.45, 7) is 7.79. The highest BCUT2D eigenvalue weighted by molar-refractivity contribution is 6.03. The summed E-state index contributed by atoms with van der Waals surface area (Å²) in [4.78, 5) is 35.1. The predicted molar refractivity (Wildman–Crippen MR) is 149 cm³/mol. The van der Waals surface area contributed by atoms with Crippen molar-refractivity contribution in [3.05, 3.63) is 58.4 Å². The van der Waals surface area contributed by atoms with Gasteiger partial charge in [-0.25, -0.2) is 0 Å². The van der Waals surface area contributed by atoms with Crippen molar-refractivity contribution in [1.29, 1.82) is 0 Å². The molecular formula is C28H35N5O5. The summed E-state index contributed by atoms with van der Waals surface area (Å²) in [6, 6.07) is 12.4. The van der Waals surface area contributed by atoms with E-state index in [-0.39, 0.29) is 17.8 Å². The molecule has 2 fully saturated rings. The van der Waals surface area contributed by atoms with E-state index in [1.54, 1.807) is 13.2 Å². The summed E-state index contributed by atoms with van der Waals surface area (Å²) in [6.07, 6.45) is 0. The van der Waals surface area contributed by atoms with E-state index in [9.17, 15) is 9.59 Å². The molecule has 0 radical (unpaired) electrons. The molecule has 2 saturated heterocycles. The second-order valence-corrected chi connectivity index (χ2v) is 9.84. The lowest BCUT2D eigenvalue weighted by atomic mass is 10.1. The van der Waals surface area contributed by atoms with Crippen LogP contribution in [0.25, 0.3) is 11.0 Å². The molecule has 0 spiro atoms. The minimum atomic E-state index is -0.477. The second-order valence-electron chi connectivity index (χ2n) is 9.84. The third kappa shape index (κ3) is 5.62. The molecule has 0 saturated carbocycles. The van der Waals surface area contributed by atoms with E-state index in [4.69, 9.17) is 14.3 Å². The number of piperazine rings is 2. The number of benzene rings is 2. The Morgan fingerprint density at radius 1 is 0.974 bits per heavy atom. The molecule has 10 nitrogen and oxygen atoms in total. The fraction of sp³-hybridized carbons (Fsp3) is 0.429. The smallest absolute Gasteiger partial charge is 0.291 e. The van der Waals surface area contributed by atoms with Crippen molar-refractivity contribution in [3.63, 3.8) is 0 Å². The molecule has 2 N–H and O–H groups in total. The van der Waals surface area contributed by atoms with Crippen molar-refractivity contribution in [2.45, 2.75) is 0 Å². The number of hydrogen-bond donors (Lipinski definition) is 2. The first-order valence-electron chi connectivity index (χ1n) is 13.0. The van der Waals surface area contributed by atoms with Crippen LogP contribution in [0.1, 0.15) is 10.6 Å². The molecule has 1 aromatic heterocycles. The maximum absolute atomic E-state index is 13.1. The third-order valence-corrected chi connectivity index (χ3v) is 7.36. The fourth-order valence-electron chi connectivity index (χ4n) is 5.05. The van der Waals surface area contributed by atoms with Crippen LogP contribution < -0.4 is 25.3 Å². The van der Waals surface area contributed by atoms with Gasteiger partial charge >= 0.3 is 0 Å². The number of β-amino-alcohol motifs (C(OH)–C–C–N with tert-alkyl or cyclic N) is 1. The Hall–Kier alpha value is -3.60. The highest BCUT2D eigenvalue weighted by atomic mass is 16.5. The molecule has 3 heterocycles. The van der Waals surface area contributed by atoms with Gasteiger partial charge in [0.1, 0.15) is 5.75 Å². The summed E-state index contributed by atoms with van der Waals surface area (Å²) < 4.78 is 11.5. The monoisotopic (exact) mass is 521 g/mol. The maximum Gasteiger partial charge on any atom is 0.291 e. The van der Waals surface area contributed by atoms with Gasteiger partial charge in [-0.2, -0.15) is 0 Å². The molecule has 1 amide bonds. The first-order valence-corrected chi connectivity index (χ1v) is 13.0. The largest absolute Gasteiger partial charge is 0.497 e. The molecule has 10 heteroatoms. The summed E-state index contributed by atoms with van der Waals surface area (Å²) in [7, 11) is 3.65. The lowest BCUT2D eigenvalue weighted by molar-refractivity contribution is 0.0997. The number of carbonyl (C=O) groups excluding carboxylic acids is 1. The first-order chi connectivity index (χ1) is 18.4. The molecule has 3 aromatic rings. The van der Waals surface area contributed by atoms with Gasteiger partial charge in [0.2, 0.25) is 0 Å². The van der Waals surface area contributed by atoms with Crippen LogP contribution in [0, 0.1) is 0 Å². The minimum Gasteiger partial charge on any atom is -0.497 e. The van der Waals surface area contributed by atoms with Crippen LogP contribution in [0.2, 0.25) is 0 Å². The Morgan fingerprint density at radius 3 is 2.32 bits per heavy atom. The zero-order chi connectivity index (χ0) is 26.6. The van der Waals surface area contributed by atoms with Crippen LogP contribution in [0.15, 0.2) is 51.7 Å². The molecule has 0 aliphatic carbocycles. The Labute approximate surface area is 222 Å². The van der Waals surface area contributed by atoms with Crippen LogP contribution in [-0.2, 0) is 0 Å². The number of carbonyl (C=O) groups is 1. The van der Waals surface area contributed by atoms with Gasteiger partial charge < -0.3 is 34.3 Å². The number of fused-ring (bicyclic) bond motifs is 1. The molecule has 2 aliphatic rings.